The summed E-state index contributed by atoms with van der Waals surface area (Å²) in [6.45, 7) is 0.479. The summed E-state index contributed by atoms with van der Waals surface area (Å²) in [5.41, 5.74) is 3.37. The number of para-hydroxylation sites is 1. The lowest BCUT2D eigenvalue weighted by molar-refractivity contribution is -0.142. The minimum absolute atomic E-state index is 0.325. The zero-order valence-electron chi connectivity index (χ0n) is 15.3. The van der Waals surface area contributed by atoms with Gasteiger partial charge in [-0.1, -0.05) is 30.3 Å². The highest BCUT2D eigenvalue weighted by atomic mass is 16.5. The van der Waals surface area contributed by atoms with Crippen LogP contribution in [0, 0.1) is 0 Å². The summed E-state index contributed by atoms with van der Waals surface area (Å²) >= 11 is 0. The molecular formula is C21H22N2O4. The number of rotatable bonds is 7. The molecule has 0 aliphatic rings. The van der Waals surface area contributed by atoms with Crippen LogP contribution in [0.5, 0.6) is 0 Å². The van der Waals surface area contributed by atoms with Crippen molar-refractivity contribution in [3.63, 3.8) is 0 Å². The van der Waals surface area contributed by atoms with Gasteiger partial charge < -0.3 is 19.8 Å². The molecule has 1 heterocycles. The van der Waals surface area contributed by atoms with Gasteiger partial charge in [-0.3, -0.25) is 4.79 Å². The molecule has 0 aliphatic carbocycles. The van der Waals surface area contributed by atoms with Crippen LogP contribution in [-0.4, -0.2) is 37.1 Å². The first-order chi connectivity index (χ1) is 13.1. The normalized spacial score (nSPS) is 11.9. The van der Waals surface area contributed by atoms with Gasteiger partial charge in [-0.15, -0.1) is 0 Å². The number of aromatic amines is 1. The molecule has 1 aromatic heterocycles. The van der Waals surface area contributed by atoms with Crippen LogP contribution in [0.4, 0.5) is 0 Å². The van der Waals surface area contributed by atoms with Crippen molar-refractivity contribution >= 4 is 22.8 Å². The average molecular weight is 366 g/mol. The standard InChI is InChI=1S/C21H22N2O4/c1-26-13-14-7-9-15(10-8-14)20(24)23-19(21(25)27-2)11-16-12-22-18-6-4-3-5-17(16)18/h3-10,12,19,22H,11,13H2,1-2H3,(H,23,24)/t19-/m1/s1. The van der Waals surface area contributed by atoms with Gasteiger partial charge in [-0.05, 0) is 29.3 Å². The minimum Gasteiger partial charge on any atom is -0.467 e. The number of carbonyl (C=O) groups excluding carboxylic acids is 2. The molecule has 1 amide bonds. The number of nitrogens with one attached hydrogen (secondary N) is 2. The van der Waals surface area contributed by atoms with E-state index in [1.165, 1.54) is 7.11 Å². The van der Waals surface area contributed by atoms with E-state index in [9.17, 15) is 9.59 Å². The number of hydrogen-bond acceptors (Lipinski definition) is 4. The molecule has 0 fully saturated rings. The summed E-state index contributed by atoms with van der Waals surface area (Å²) in [6, 6.07) is 14.1. The number of esters is 1. The molecule has 140 valence electrons. The van der Waals surface area contributed by atoms with Crippen LogP contribution in [0.3, 0.4) is 0 Å². The number of hydrogen-bond donors (Lipinski definition) is 2. The molecule has 0 bridgehead atoms. The van der Waals surface area contributed by atoms with Gasteiger partial charge in [0.1, 0.15) is 6.04 Å². The number of ether oxygens (including phenoxy) is 2. The molecule has 27 heavy (non-hydrogen) atoms. The molecule has 3 rings (SSSR count). The second-order valence-corrected chi connectivity index (χ2v) is 6.24. The van der Waals surface area contributed by atoms with E-state index in [1.54, 1.807) is 19.2 Å². The number of benzene rings is 2. The predicted octanol–water partition coefficient (Wildman–Crippen LogP) is 2.83. The fourth-order valence-electron chi connectivity index (χ4n) is 3.02. The SMILES string of the molecule is COCc1ccc(C(=O)N[C@H](Cc2c[nH]c3ccccc23)C(=O)OC)cc1. The monoisotopic (exact) mass is 366 g/mol. The summed E-state index contributed by atoms with van der Waals surface area (Å²) in [7, 11) is 2.93. The van der Waals surface area contributed by atoms with Crippen molar-refractivity contribution in [3.05, 3.63) is 71.4 Å². The number of H-pyrrole nitrogens is 1. The lowest BCUT2D eigenvalue weighted by atomic mass is 10.0. The van der Waals surface area contributed by atoms with Gasteiger partial charge in [-0.2, -0.15) is 0 Å². The molecule has 0 spiro atoms. The molecule has 0 aliphatic heterocycles. The fraction of sp³-hybridized carbons (Fsp3) is 0.238. The average Bonchev–Trinajstić information content (AvgIpc) is 3.10. The Morgan fingerprint density at radius 3 is 2.52 bits per heavy atom. The van der Waals surface area contributed by atoms with Crippen LogP contribution < -0.4 is 5.32 Å². The van der Waals surface area contributed by atoms with Gasteiger partial charge in [0, 0.05) is 36.2 Å². The van der Waals surface area contributed by atoms with Crippen molar-refractivity contribution in [2.24, 2.45) is 0 Å². The molecule has 0 radical (unpaired) electrons. The van der Waals surface area contributed by atoms with Crippen molar-refractivity contribution in [3.8, 4) is 0 Å². The first-order valence-corrected chi connectivity index (χ1v) is 8.64. The molecule has 0 unspecified atom stereocenters. The zero-order valence-corrected chi connectivity index (χ0v) is 15.3. The van der Waals surface area contributed by atoms with E-state index < -0.39 is 12.0 Å². The van der Waals surface area contributed by atoms with Crippen molar-refractivity contribution in [1.29, 1.82) is 0 Å². The van der Waals surface area contributed by atoms with Crippen LogP contribution >= 0.6 is 0 Å². The maximum atomic E-state index is 12.6. The van der Waals surface area contributed by atoms with E-state index in [1.807, 2.05) is 42.6 Å². The van der Waals surface area contributed by atoms with Gasteiger partial charge in [-0.25, -0.2) is 4.79 Å². The number of fused-ring (bicyclic) bond motifs is 1. The maximum Gasteiger partial charge on any atom is 0.328 e. The van der Waals surface area contributed by atoms with Crippen molar-refractivity contribution in [1.82, 2.24) is 10.3 Å². The Hall–Kier alpha value is -3.12. The molecule has 6 heteroatoms. The summed E-state index contributed by atoms with van der Waals surface area (Å²) in [4.78, 5) is 28.0. The molecule has 0 saturated heterocycles. The maximum absolute atomic E-state index is 12.6. The quantitative estimate of drug-likeness (QED) is 0.630. The molecule has 2 N–H and O–H groups in total. The largest absolute Gasteiger partial charge is 0.467 e. The number of carbonyl (C=O) groups is 2. The number of amides is 1. The Morgan fingerprint density at radius 2 is 1.81 bits per heavy atom. The van der Waals surface area contributed by atoms with Crippen LogP contribution in [0.1, 0.15) is 21.5 Å². The smallest absolute Gasteiger partial charge is 0.328 e. The first-order valence-electron chi connectivity index (χ1n) is 8.64. The lowest BCUT2D eigenvalue weighted by Crippen LogP contribution is -2.43. The highest BCUT2D eigenvalue weighted by molar-refractivity contribution is 5.97. The van der Waals surface area contributed by atoms with Gasteiger partial charge in [0.2, 0.25) is 0 Å². The zero-order chi connectivity index (χ0) is 19.2. The van der Waals surface area contributed by atoms with Crippen LogP contribution in [0.15, 0.2) is 54.7 Å². The first kappa shape index (κ1) is 18.7. The Balaban J connectivity index is 1.76. The van der Waals surface area contributed by atoms with Crippen LogP contribution in [-0.2, 0) is 27.3 Å². The minimum atomic E-state index is -0.777. The van der Waals surface area contributed by atoms with E-state index in [4.69, 9.17) is 9.47 Å². The van der Waals surface area contributed by atoms with Gasteiger partial charge in [0.15, 0.2) is 0 Å². The van der Waals surface area contributed by atoms with E-state index >= 15 is 0 Å². The fourth-order valence-corrected chi connectivity index (χ4v) is 3.02. The summed E-state index contributed by atoms with van der Waals surface area (Å²) < 4.78 is 9.95. The Bertz CT molecular complexity index is 931. The van der Waals surface area contributed by atoms with E-state index in [0.29, 0.717) is 18.6 Å². The third-order valence-corrected chi connectivity index (χ3v) is 4.42. The topological polar surface area (TPSA) is 80.4 Å². The molecule has 6 nitrogen and oxygen atoms in total. The van der Waals surface area contributed by atoms with E-state index in [-0.39, 0.29) is 5.91 Å². The lowest BCUT2D eigenvalue weighted by Gasteiger charge is -2.16. The third-order valence-electron chi connectivity index (χ3n) is 4.42. The summed E-state index contributed by atoms with van der Waals surface area (Å²) in [5.74, 6) is -0.807. The Labute approximate surface area is 157 Å². The van der Waals surface area contributed by atoms with Crippen LogP contribution in [0.2, 0.25) is 0 Å². The van der Waals surface area contributed by atoms with Gasteiger partial charge in [0.25, 0.3) is 5.91 Å². The van der Waals surface area contributed by atoms with E-state index in [0.717, 1.165) is 22.0 Å². The predicted molar refractivity (Wildman–Crippen MR) is 102 cm³/mol. The number of aromatic nitrogens is 1. The van der Waals surface area contributed by atoms with E-state index in [2.05, 4.69) is 10.3 Å². The summed E-state index contributed by atoms with van der Waals surface area (Å²) in [5, 5.41) is 3.80. The second kappa shape index (κ2) is 8.51. The molecule has 1 atom stereocenters. The molecular weight excluding hydrogens is 344 g/mol. The highest BCUT2D eigenvalue weighted by Gasteiger charge is 2.23. The van der Waals surface area contributed by atoms with Crippen molar-refractivity contribution in [2.75, 3.05) is 14.2 Å². The van der Waals surface area contributed by atoms with Crippen molar-refractivity contribution in [2.45, 2.75) is 19.1 Å². The molecule has 2 aromatic carbocycles. The van der Waals surface area contributed by atoms with Gasteiger partial charge in [0.05, 0.1) is 13.7 Å². The molecule has 0 saturated carbocycles. The number of methoxy groups -OCH3 is 2. The Morgan fingerprint density at radius 1 is 1.07 bits per heavy atom. The summed E-state index contributed by atoms with van der Waals surface area (Å²) in [6.07, 6.45) is 2.19. The van der Waals surface area contributed by atoms with Crippen LogP contribution in [0.25, 0.3) is 10.9 Å². The molecule has 3 aromatic rings. The van der Waals surface area contributed by atoms with Crippen molar-refractivity contribution < 1.29 is 19.1 Å². The Kier molecular flexibility index (Phi) is 5.88. The third kappa shape index (κ3) is 4.35. The van der Waals surface area contributed by atoms with Gasteiger partial charge >= 0.3 is 5.97 Å². The highest BCUT2D eigenvalue weighted by Crippen LogP contribution is 2.19. The second-order valence-electron chi connectivity index (χ2n) is 6.24.